The number of fused-ring (bicyclic) bond motifs is 1. The second-order valence-corrected chi connectivity index (χ2v) is 6.45. The van der Waals surface area contributed by atoms with E-state index in [0.717, 1.165) is 30.1 Å². The Balaban J connectivity index is 1.67. The van der Waals surface area contributed by atoms with E-state index in [1.807, 2.05) is 31.2 Å². The minimum absolute atomic E-state index is 0.0704. The van der Waals surface area contributed by atoms with Crippen molar-refractivity contribution in [3.8, 4) is 0 Å². The van der Waals surface area contributed by atoms with Crippen molar-refractivity contribution in [2.24, 2.45) is 5.92 Å². The summed E-state index contributed by atoms with van der Waals surface area (Å²) in [5.41, 5.74) is 0.876. The first kappa shape index (κ1) is 15.0. The molecule has 1 unspecified atom stereocenters. The van der Waals surface area contributed by atoms with Gasteiger partial charge in [0, 0.05) is 5.69 Å². The largest absolute Gasteiger partial charge is 0.325 e. The lowest BCUT2D eigenvalue weighted by molar-refractivity contribution is -0.121. The average molecular weight is 296 g/mol. The van der Waals surface area contributed by atoms with E-state index in [0.29, 0.717) is 0 Å². The highest BCUT2D eigenvalue weighted by Gasteiger charge is 2.25. The van der Waals surface area contributed by atoms with Gasteiger partial charge in [-0.25, -0.2) is 0 Å². The van der Waals surface area contributed by atoms with Crippen LogP contribution >= 0.6 is 0 Å². The van der Waals surface area contributed by atoms with Crippen molar-refractivity contribution in [2.75, 3.05) is 18.4 Å². The molecule has 2 aromatic rings. The molecule has 1 atom stereocenters. The summed E-state index contributed by atoms with van der Waals surface area (Å²) >= 11 is 0. The number of anilines is 1. The van der Waals surface area contributed by atoms with E-state index >= 15 is 0 Å². The van der Waals surface area contributed by atoms with Crippen LogP contribution in [0.5, 0.6) is 0 Å². The maximum Gasteiger partial charge on any atom is 0.241 e. The fourth-order valence-corrected chi connectivity index (χ4v) is 3.10. The minimum Gasteiger partial charge on any atom is -0.325 e. The van der Waals surface area contributed by atoms with Gasteiger partial charge in [-0.1, -0.05) is 37.3 Å². The smallest absolute Gasteiger partial charge is 0.241 e. The summed E-state index contributed by atoms with van der Waals surface area (Å²) in [6.45, 7) is 6.34. The summed E-state index contributed by atoms with van der Waals surface area (Å²) in [5, 5.41) is 5.41. The summed E-state index contributed by atoms with van der Waals surface area (Å²) in [4.78, 5) is 14.8. The van der Waals surface area contributed by atoms with Gasteiger partial charge >= 0.3 is 0 Å². The van der Waals surface area contributed by atoms with Crippen molar-refractivity contribution in [2.45, 2.75) is 32.7 Å². The van der Waals surface area contributed by atoms with E-state index in [2.05, 4.69) is 35.3 Å². The highest BCUT2D eigenvalue weighted by molar-refractivity contribution is 5.97. The van der Waals surface area contributed by atoms with Crippen LogP contribution in [0, 0.1) is 5.92 Å². The summed E-state index contributed by atoms with van der Waals surface area (Å²) < 4.78 is 0. The lowest BCUT2D eigenvalue weighted by Gasteiger charge is -2.34. The van der Waals surface area contributed by atoms with Gasteiger partial charge in [-0.2, -0.15) is 0 Å². The Morgan fingerprint density at radius 1 is 1.14 bits per heavy atom. The molecule has 0 spiro atoms. The summed E-state index contributed by atoms with van der Waals surface area (Å²) in [7, 11) is 0. The third-order valence-electron chi connectivity index (χ3n) is 4.76. The van der Waals surface area contributed by atoms with Gasteiger partial charge in [-0.3, -0.25) is 9.69 Å². The molecule has 1 aliphatic rings. The molecule has 0 radical (unpaired) electrons. The van der Waals surface area contributed by atoms with E-state index in [1.165, 1.54) is 18.2 Å². The number of hydrogen-bond donors (Lipinski definition) is 1. The van der Waals surface area contributed by atoms with Crippen LogP contribution in [-0.2, 0) is 4.79 Å². The second-order valence-electron chi connectivity index (χ2n) is 6.45. The molecule has 0 aliphatic carbocycles. The van der Waals surface area contributed by atoms with E-state index in [9.17, 15) is 4.79 Å². The number of nitrogens with zero attached hydrogens (tertiary/aromatic N) is 1. The number of carbonyl (C=O) groups is 1. The third-order valence-corrected chi connectivity index (χ3v) is 4.76. The molecule has 0 bridgehead atoms. The Kier molecular flexibility index (Phi) is 4.44. The van der Waals surface area contributed by atoms with Crippen molar-refractivity contribution in [1.82, 2.24) is 4.90 Å². The maximum absolute atomic E-state index is 12.5. The zero-order valence-electron chi connectivity index (χ0n) is 13.4. The Hall–Kier alpha value is -1.87. The van der Waals surface area contributed by atoms with Crippen molar-refractivity contribution in [3.05, 3.63) is 42.5 Å². The van der Waals surface area contributed by atoms with Crippen molar-refractivity contribution >= 4 is 22.4 Å². The molecule has 3 rings (SSSR count). The predicted molar refractivity (Wildman–Crippen MR) is 92.0 cm³/mol. The fourth-order valence-electron chi connectivity index (χ4n) is 3.10. The van der Waals surface area contributed by atoms with Crippen molar-refractivity contribution < 1.29 is 4.79 Å². The molecule has 2 aromatic carbocycles. The molecule has 0 aromatic heterocycles. The van der Waals surface area contributed by atoms with Crippen LogP contribution < -0.4 is 5.32 Å². The highest BCUT2D eigenvalue weighted by Crippen LogP contribution is 2.21. The highest BCUT2D eigenvalue weighted by atomic mass is 16.2. The Bertz CT molecular complexity index is 659. The van der Waals surface area contributed by atoms with Crippen molar-refractivity contribution in [3.63, 3.8) is 0 Å². The van der Waals surface area contributed by atoms with Crippen LogP contribution in [0.15, 0.2) is 42.5 Å². The number of hydrogen-bond acceptors (Lipinski definition) is 2. The van der Waals surface area contributed by atoms with Gasteiger partial charge in [0.05, 0.1) is 6.04 Å². The molecular formula is C19H24N2O. The molecule has 0 saturated carbocycles. The normalized spacial score (nSPS) is 18.3. The van der Waals surface area contributed by atoms with Gasteiger partial charge in [0.15, 0.2) is 0 Å². The SMILES string of the molecule is CC1CCN(C(C)C(=O)Nc2ccc3ccccc3c2)CC1. The zero-order valence-corrected chi connectivity index (χ0v) is 13.4. The molecule has 1 amide bonds. The van der Waals surface area contributed by atoms with Crippen LogP contribution in [0.2, 0.25) is 0 Å². The molecule has 3 nitrogen and oxygen atoms in total. The molecular weight excluding hydrogens is 272 g/mol. The summed E-state index contributed by atoms with van der Waals surface area (Å²) in [6, 6.07) is 14.2. The van der Waals surface area contributed by atoms with Crippen LogP contribution in [0.3, 0.4) is 0 Å². The van der Waals surface area contributed by atoms with Gasteiger partial charge in [0.1, 0.15) is 0 Å². The monoisotopic (exact) mass is 296 g/mol. The van der Waals surface area contributed by atoms with Crippen LogP contribution in [0.25, 0.3) is 10.8 Å². The van der Waals surface area contributed by atoms with Gasteiger partial charge < -0.3 is 5.32 Å². The Morgan fingerprint density at radius 2 is 1.82 bits per heavy atom. The van der Waals surface area contributed by atoms with Gasteiger partial charge in [0.25, 0.3) is 0 Å². The lowest BCUT2D eigenvalue weighted by atomic mass is 9.98. The number of benzene rings is 2. The first-order valence-corrected chi connectivity index (χ1v) is 8.17. The number of amides is 1. The maximum atomic E-state index is 12.5. The predicted octanol–water partition coefficient (Wildman–Crippen LogP) is 3.90. The first-order valence-electron chi connectivity index (χ1n) is 8.17. The summed E-state index contributed by atoms with van der Waals surface area (Å²) in [6.07, 6.45) is 2.38. The average Bonchev–Trinajstić information content (AvgIpc) is 2.55. The Labute approximate surface area is 132 Å². The molecule has 3 heteroatoms. The summed E-state index contributed by atoms with van der Waals surface area (Å²) in [5.74, 6) is 0.872. The van der Waals surface area contributed by atoms with E-state index < -0.39 is 0 Å². The van der Waals surface area contributed by atoms with Crippen LogP contribution in [0.4, 0.5) is 5.69 Å². The number of rotatable bonds is 3. The third kappa shape index (κ3) is 3.30. The van der Waals surface area contributed by atoms with E-state index in [-0.39, 0.29) is 11.9 Å². The van der Waals surface area contributed by atoms with Gasteiger partial charge in [-0.05, 0) is 61.7 Å². The first-order chi connectivity index (χ1) is 10.6. The second kappa shape index (κ2) is 6.49. The Morgan fingerprint density at radius 3 is 2.55 bits per heavy atom. The molecule has 1 saturated heterocycles. The zero-order chi connectivity index (χ0) is 15.5. The van der Waals surface area contributed by atoms with Crippen LogP contribution in [-0.4, -0.2) is 29.9 Å². The molecule has 1 aliphatic heterocycles. The molecule has 116 valence electrons. The standard InChI is InChI=1S/C19H24N2O/c1-14-9-11-21(12-10-14)15(2)19(22)20-18-8-7-16-5-3-4-6-17(16)13-18/h3-8,13-15H,9-12H2,1-2H3,(H,20,22). The number of nitrogens with one attached hydrogen (secondary N) is 1. The van der Waals surface area contributed by atoms with E-state index in [1.54, 1.807) is 0 Å². The molecule has 1 N–H and O–H groups in total. The molecule has 22 heavy (non-hydrogen) atoms. The number of likely N-dealkylation sites (tertiary alicyclic amines) is 1. The number of carbonyl (C=O) groups excluding carboxylic acids is 1. The molecule has 1 fully saturated rings. The lowest BCUT2D eigenvalue weighted by Crippen LogP contribution is -2.45. The molecule has 1 heterocycles. The fraction of sp³-hybridized carbons (Fsp3) is 0.421. The number of piperidine rings is 1. The van der Waals surface area contributed by atoms with Gasteiger partial charge in [-0.15, -0.1) is 0 Å². The van der Waals surface area contributed by atoms with E-state index in [4.69, 9.17) is 0 Å². The van der Waals surface area contributed by atoms with Crippen LogP contribution in [0.1, 0.15) is 26.7 Å². The topological polar surface area (TPSA) is 32.3 Å². The minimum atomic E-state index is -0.0704. The quantitative estimate of drug-likeness (QED) is 0.931. The van der Waals surface area contributed by atoms with Gasteiger partial charge in [0.2, 0.25) is 5.91 Å². The van der Waals surface area contributed by atoms with Crippen molar-refractivity contribution in [1.29, 1.82) is 0 Å².